The Morgan fingerprint density at radius 3 is 2.65 bits per heavy atom. The molecule has 0 amide bonds. The van der Waals surface area contributed by atoms with Gasteiger partial charge in [-0.1, -0.05) is 0 Å². The Bertz CT molecular complexity index is 362. The van der Waals surface area contributed by atoms with E-state index in [4.69, 9.17) is 5.11 Å². The fourth-order valence-corrected chi connectivity index (χ4v) is 2.59. The lowest BCUT2D eigenvalue weighted by Gasteiger charge is -2.14. The van der Waals surface area contributed by atoms with Crippen molar-refractivity contribution < 1.29 is 15.0 Å². The van der Waals surface area contributed by atoms with E-state index in [0.717, 1.165) is 16.3 Å². The van der Waals surface area contributed by atoms with Crippen molar-refractivity contribution in [2.45, 2.75) is 45.4 Å². The smallest absolute Gasteiger partial charge is 0.308 e. The molecule has 1 heterocycles. The lowest BCUT2D eigenvalue weighted by atomic mass is 10.1. The molecule has 0 aliphatic heterocycles. The minimum Gasteiger partial charge on any atom is -0.481 e. The van der Waals surface area contributed by atoms with E-state index in [9.17, 15) is 9.90 Å². The summed E-state index contributed by atoms with van der Waals surface area (Å²) in [6.07, 6.45) is 0.504. The van der Waals surface area contributed by atoms with Crippen LogP contribution in [0.25, 0.3) is 0 Å². The summed E-state index contributed by atoms with van der Waals surface area (Å²) >= 11 is 1.52. The summed E-state index contributed by atoms with van der Waals surface area (Å²) in [6.45, 7) is 4.52. The Kier molecular flexibility index (Phi) is 5.61. The third-order valence-electron chi connectivity index (χ3n) is 2.36. The van der Waals surface area contributed by atoms with Crippen LogP contribution in [0.15, 0.2) is 12.1 Å². The molecule has 96 valence electrons. The number of aliphatic hydroxyl groups is 1. The summed E-state index contributed by atoms with van der Waals surface area (Å²) in [5, 5.41) is 21.2. The van der Waals surface area contributed by atoms with E-state index < -0.39 is 5.97 Å². The van der Waals surface area contributed by atoms with E-state index in [1.54, 1.807) is 6.92 Å². The topological polar surface area (TPSA) is 69.6 Å². The number of nitrogens with one attached hydrogen (secondary N) is 1. The number of carbonyl (C=O) groups is 1. The largest absolute Gasteiger partial charge is 0.481 e. The second-order valence-electron chi connectivity index (χ2n) is 4.31. The number of thiophene rings is 1. The maximum Gasteiger partial charge on any atom is 0.308 e. The number of rotatable bonds is 7. The summed E-state index contributed by atoms with van der Waals surface area (Å²) in [5.74, 6) is -0.797. The highest BCUT2D eigenvalue weighted by molar-refractivity contribution is 7.12. The first-order valence-electron chi connectivity index (χ1n) is 5.68. The van der Waals surface area contributed by atoms with Gasteiger partial charge in [0, 0.05) is 22.3 Å². The van der Waals surface area contributed by atoms with Crippen LogP contribution in [0.5, 0.6) is 0 Å². The standard InChI is InChI=1S/C12H19NO3S/c1-8(5-9(2)14)13-7-11-4-3-10(17-11)6-12(15)16/h3-4,8-9,13-14H,5-7H2,1-2H3,(H,15,16). The molecule has 2 unspecified atom stereocenters. The first-order chi connectivity index (χ1) is 7.97. The molecule has 3 N–H and O–H groups in total. The lowest BCUT2D eigenvalue weighted by Crippen LogP contribution is -2.28. The van der Waals surface area contributed by atoms with Gasteiger partial charge >= 0.3 is 5.97 Å². The first kappa shape index (κ1) is 14.2. The molecule has 0 radical (unpaired) electrons. The molecular formula is C12H19NO3S. The zero-order chi connectivity index (χ0) is 12.8. The van der Waals surface area contributed by atoms with E-state index in [1.165, 1.54) is 11.3 Å². The SMILES string of the molecule is CC(O)CC(C)NCc1ccc(CC(=O)O)s1. The summed E-state index contributed by atoms with van der Waals surface area (Å²) in [4.78, 5) is 12.5. The van der Waals surface area contributed by atoms with Crippen LogP contribution in [0, 0.1) is 0 Å². The fourth-order valence-electron chi connectivity index (χ4n) is 1.63. The van der Waals surface area contributed by atoms with Gasteiger partial charge in [-0.2, -0.15) is 0 Å². The molecule has 4 nitrogen and oxygen atoms in total. The van der Waals surface area contributed by atoms with Gasteiger partial charge in [-0.25, -0.2) is 0 Å². The number of carboxylic acids is 1. The molecule has 0 spiro atoms. The molecule has 5 heteroatoms. The molecule has 0 bridgehead atoms. The zero-order valence-corrected chi connectivity index (χ0v) is 11.0. The molecule has 0 fully saturated rings. The third-order valence-corrected chi connectivity index (χ3v) is 3.45. The number of hydrogen-bond donors (Lipinski definition) is 3. The molecule has 1 rings (SSSR count). The van der Waals surface area contributed by atoms with Gasteiger partial charge in [-0.15, -0.1) is 11.3 Å². The number of carboxylic acid groups (broad SMARTS) is 1. The van der Waals surface area contributed by atoms with Crippen LogP contribution in [0.3, 0.4) is 0 Å². The monoisotopic (exact) mass is 257 g/mol. The van der Waals surface area contributed by atoms with Crippen LogP contribution >= 0.6 is 11.3 Å². The minimum absolute atomic E-state index is 0.0912. The second-order valence-corrected chi connectivity index (χ2v) is 5.56. The van der Waals surface area contributed by atoms with Crippen molar-refractivity contribution in [3.05, 3.63) is 21.9 Å². The molecule has 0 aromatic carbocycles. The van der Waals surface area contributed by atoms with Gasteiger partial charge < -0.3 is 15.5 Å². The van der Waals surface area contributed by atoms with E-state index in [2.05, 4.69) is 5.32 Å². The van der Waals surface area contributed by atoms with Gasteiger partial charge in [-0.3, -0.25) is 4.79 Å². The Hall–Kier alpha value is -0.910. The number of hydrogen-bond acceptors (Lipinski definition) is 4. The van der Waals surface area contributed by atoms with E-state index in [1.807, 2.05) is 19.1 Å². The lowest BCUT2D eigenvalue weighted by molar-refractivity contribution is -0.136. The van der Waals surface area contributed by atoms with E-state index in [-0.39, 0.29) is 18.6 Å². The zero-order valence-electron chi connectivity index (χ0n) is 10.1. The molecule has 1 aromatic rings. The first-order valence-corrected chi connectivity index (χ1v) is 6.50. The van der Waals surface area contributed by atoms with Crippen molar-refractivity contribution in [3.63, 3.8) is 0 Å². The van der Waals surface area contributed by atoms with Gasteiger partial charge in [0.05, 0.1) is 12.5 Å². The highest BCUT2D eigenvalue weighted by Crippen LogP contribution is 2.17. The molecule has 2 atom stereocenters. The van der Waals surface area contributed by atoms with E-state index in [0.29, 0.717) is 6.42 Å². The summed E-state index contributed by atoms with van der Waals surface area (Å²) in [7, 11) is 0. The average Bonchev–Trinajstić information content (AvgIpc) is 2.60. The molecule has 0 aliphatic rings. The number of aliphatic carboxylic acids is 1. The minimum atomic E-state index is -0.797. The third kappa shape index (κ3) is 5.81. The maximum atomic E-state index is 10.5. The summed E-state index contributed by atoms with van der Waals surface area (Å²) in [5.41, 5.74) is 0. The summed E-state index contributed by atoms with van der Waals surface area (Å²) in [6, 6.07) is 4.06. The predicted molar refractivity (Wildman–Crippen MR) is 68.3 cm³/mol. The predicted octanol–water partition coefficient (Wildman–Crippen LogP) is 1.62. The molecular weight excluding hydrogens is 238 g/mol. The van der Waals surface area contributed by atoms with Crippen molar-refractivity contribution in [2.75, 3.05) is 0 Å². The Balaban J connectivity index is 2.36. The van der Waals surface area contributed by atoms with Crippen LogP contribution in [0.2, 0.25) is 0 Å². The Labute approximate surface area is 105 Å². The van der Waals surface area contributed by atoms with Crippen molar-refractivity contribution in [2.24, 2.45) is 0 Å². The average molecular weight is 257 g/mol. The van der Waals surface area contributed by atoms with Crippen molar-refractivity contribution >= 4 is 17.3 Å². The van der Waals surface area contributed by atoms with Crippen LogP contribution < -0.4 is 5.32 Å². The van der Waals surface area contributed by atoms with Crippen LogP contribution in [-0.2, 0) is 17.8 Å². The maximum absolute atomic E-state index is 10.5. The molecule has 0 saturated heterocycles. The van der Waals surface area contributed by atoms with Crippen molar-refractivity contribution in [1.82, 2.24) is 5.32 Å². The Morgan fingerprint density at radius 1 is 1.41 bits per heavy atom. The van der Waals surface area contributed by atoms with E-state index >= 15 is 0 Å². The van der Waals surface area contributed by atoms with Crippen molar-refractivity contribution in [1.29, 1.82) is 0 Å². The van der Waals surface area contributed by atoms with Crippen molar-refractivity contribution in [3.8, 4) is 0 Å². The quantitative estimate of drug-likeness (QED) is 0.694. The van der Waals surface area contributed by atoms with Gasteiger partial charge in [0.2, 0.25) is 0 Å². The van der Waals surface area contributed by atoms with Gasteiger partial charge in [-0.05, 0) is 32.4 Å². The highest BCUT2D eigenvalue weighted by Gasteiger charge is 2.07. The molecule has 17 heavy (non-hydrogen) atoms. The van der Waals surface area contributed by atoms with Crippen LogP contribution in [-0.4, -0.2) is 28.3 Å². The van der Waals surface area contributed by atoms with Crippen LogP contribution in [0.1, 0.15) is 30.0 Å². The normalized spacial score (nSPS) is 14.5. The highest BCUT2D eigenvalue weighted by atomic mass is 32.1. The van der Waals surface area contributed by atoms with Crippen LogP contribution in [0.4, 0.5) is 0 Å². The number of aliphatic hydroxyl groups excluding tert-OH is 1. The van der Waals surface area contributed by atoms with Gasteiger partial charge in [0.1, 0.15) is 0 Å². The fraction of sp³-hybridized carbons (Fsp3) is 0.583. The second kappa shape index (κ2) is 6.74. The molecule has 1 aromatic heterocycles. The summed E-state index contributed by atoms with van der Waals surface area (Å²) < 4.78 is 0. The molecule has 0 saturated carbocycles. The Morgan fingerprint density at radius 2 is 2.06 bits per heavy atom. The van der Waals surface area contributed by atoms with Gasteiger partial charge in [0.15, 0.2) is 0 Å². The molecule has 0 aliphatic carbocycles. The van der Waals surface area contributed by atoms with Gasteiger partial charge in [0.25, 0.3) is 0 Å².